The van der Waals surface area contributed by atoms with E-state index in [0.717, 1.165) is 44.0 Å². The normalized spacial score (nSPS) is 27.0. The first-order chi connectivity index (χ1) is 9.90. The van der Waals surface area contributed by atoms with Crippen LogP contribution in [0.5, 0.6) is 0 Å². The summed E-state index contributed by atoms with van der Waals surface area (Å²) in [6.45, 7) is 15.5. The SMILES string of the molecule is CC1CCC(C(C)C)C(OCCN(C)CCNC(C)C)C1. The van der Waals surface area contributed by atoms with Gasteiger partial charge in [0, 0.05) is 25.7 Å². The van der Waals surface area contributed by atoms with E-state index in [1.807, 2.05) is 0 Å². The smallest absolute Gasteiger partial charge is 0.0608 e. The monoisotopic (exact) mass is 298 g/mol. The number of hydrogen-bond donors (Lipinski definition) is 1. The third-order valence-corrected chi connectivity index (χ3v) is 4.81. The molecule has 0 aromatic heterocycles. The number of likely N-dealkylation sites (N-methyl/N-ethyl adjacent to an activating group) is 1. The lowest BCUT2D eigenvalue weighted by Crippen LogP contribution is -2.37. The predicted octanol–water partition coefficient (Wildman–Crippen LogP) is 3.39. The Morgan fingerprint density at radius 2 is 1.86 bits per heavy atom. The first kappa shape index (κ1) is 18.9. The summed E-state index contributed by atoms with van der Waals surface area (Å²) in [7, 11) is 2.19. The molecule has 0 amide bonds. The maximum absolute atomic E-state index is 6.26. The highest BCUT2D eigenvalue weighted by molar-refractivity contribution is 4.81. The molecule has 0 saturated heterocycles. The Labute approximate surface area is 132 Å². The van der Waals surface area contributed by atoms with Crippen molar-refractivity contribution in [2.24, 2.45) is 17.8 Å². The largest absolute Gasteiger partial charge is 0.377 e. The van der Waals surface area contributed by atoms with Crippen molar-refractivity contribution in [3.8, 4) is 0 Å². The summed E-state index contributed by atoms with van der Waals surface area (Å²) in [5, 5.41) is 3.46. The zero-order chi connectivity index (χ0) is 15.8. The van der Waals surface area contributed by atoms with E-state index in [1.54, 1.807) is 0 Å². The van der Waals surface area contributed by atoms with Gasteiger partial charge in [-0.05, 0) is 37.6 Å². The Morgan fingerprint density at radius 3 is 2.48 bits per heavy atom. The third kappa shape index (κ3) is 7.62. The molecule has 21 heavy (non-hydrogen) atoms. The molecule has 0 bridgehead atoms. The standard InChI is InChI=1S/C18H38N2O/c1-14(2)17-8-7-16(5)13-18(17)21-12-11-20(6)10-9-19-15(3)4/h14-19H,7-13H2,1-6H3. The fourth-order valence-electron chi connectivity index (χ4n) is 3.32. The van der Waals surface area contributed by atoms with Crippen LogP contribution >= 0.6 is 0 Å². The summed E-state index contributed by atoms with van der Waals surface area (Å²) in [5.41, 5.74) is 0. The number of rotatable bonds is 9. The van der Waals surface area contributed by atoms with Gasteiger partial charge in [0.15, 0.2) is 0 Å². The number of nitrogens with one attached hydrogen (secondary N) is 1. The fourth-order valence-corrected chi connectivity index (χ4v) is 3.32. The summed E-state index contributed by atoms with van der Waals surface area (Å²) in [6.07, 6.45) is 4.46. The summed E-state index contributed by atoms with van der Waals surface area (Å²) >= 11 is 0. The molecule has 126 valence electrons. The Kier molecular flexibility index (Phi) is 8.84. The second kappa shape index (κ2) is 9.81. The van der Waals surface area contributed by atoms with Gasteiger partial charge in [0.1, 0.15) is 0 Å². The summed E-state index contributed by atoms with van der Waals surface area (Å²) in [6, 6.07) is 0.574. The zero-order valence-electron chi connectivity index (χ0n) is 15.2. The molecule has 1 aliphatic rings. The second-order valence-corrected chi connectivity index (χ2v) is 7.65. The van der Waals surface area contributed by atoms with Crippen LogP contribution < -0.4 is 5.32 Å². The van der Waals surface area contributed by atoms with Crippen LogP contribution in [0.1, 0.15) is 53.9 Å². The van der Waals surface area contributed by atoms with E-state index in [2.05, 4.69) is 51.9 Å². The van der Waals surface area contributed by atoms with Crippen molar-refractivity contribution in [1.29, 1.82) is 0 Å². The van der Waals surface area contributed by atoms with E-state index in [1.165, 1.54) is 19.3 Å². The molecule has 0 radical (unpaired) electrons. The van der Waals surface area contributed by atoms with E-state index in [-0.39, 0.29) is 0 Å². The maximum atomic E-state index is 6.26. The van der Waals surface area contributed by atoms with Gasteiger partial charge in [-0.2, -0.15) is 0 Å². The Balaban J connectivity index is 2.22. The summed E-state index contributed by atoms with van der Waals surface area (Å²) in [4.78, 5) is 2.37. The van der Waals surface area contributed by atoms with Crippen molar-refractivity contribution in [3.05, 3.63) is 0 Å². The molecule has 1 aliphatic carbocycles. The van der Waals surface area contributed by atoms with Crippen LogP contribution in [0.4, 0.5) is 0 Å². The molecule has 0 aromatic carbocycles. The van der Waals surface area contributed by atoms with Crippen molar-refractivity contribution < 1.29 is 4.74 Å². The van der Waals surface area contributed by atoms with Crippen LogP contribution in [-0.2, 0) is 4.74 Å². The molecule has 0 spiro atoms. The molecule has 0 aliphatic heterocycles. The van der Waals surface area contributed by atoms with Crippen molar-refractivity contribution in [1.82, 2.24) is 10.2 Å². The molecule has 3 atom stereocenters. The Morgan fingerprint density at radius 1 is 1.14 bits per heavy atom. The van der Waals surface area contributed by atoms with Gasteiger partial charge in [0.2, 0.25) is 0 Å². The predicted molar refractivity (Wildman–Crippen MR) is 91.7 cm³/mol. The van der Waals surface area contributed by atoms with Crippen molar-refractivity contribution in [2.45, 2.75) is 66.0 Å². The minimum Gasteiger partial charge on any atom is -0.377 e. The molecule has 1 N–H and O–H groups in total. The highest BCUT2D eigenvalue weighted by atomic mass is 16.5. The first-order valence-electron chi connectivity index (χ1n) is 8.93. The van der Waals surface area contributed by atoms with Crippen LogP contribution in [-0.4, -0.2) is 50.3 Å². The molecule has 1 fully saturated rings. The van der Waals surface area contributed by atoms with Crippen LogP contribution in [0.15, 0.2) is 0 Å². The average Bonchev–Trinajstić information content (AvgIpc) is 2.38. The summed E-state index contributed by atoms with van der Waals surface area (Å²) < 4.78 is 6.26. The quantitative estimate of drug-likeness (QED) is 0.706. The fraction of sp³-hybridized carbons (Fsp3) is 1.00. The van der Waals surface area contributed by atoms with Crippen molar-refractivity contribution >= 4 is 0 Å². The molecule has 0 aromatic rings. The lowest BCUT2D eigenvalue weighted by Gasteiger charge is -2.37. The third-order valence-electron chi connectivity index (χ3n) is 4.81. The highest BCUT2D eigenvalue weighted by Gasteiger charge is 2.31. The van der Waals surface area contributed by atoms with Crippen LogP contribution in [0.25, 0.3) is 0 Å². The molecule has 3 unspecified atom stereocenters. The zero-order valence-corrected chi connectivity index (χ0v) is 15.2. The number of ether oxygens (including phenoxy) is 1. The van der Waals surface area contributed by atoms with Gasteiger partial charge in [-0.1, -0.05) is 41.0 Å². The van der Waals surface area contributed by atoms with Gasteiger partial charge in [-0.3, -0.25) is 0 Å². The van der Waals surface area contributed by atoms with Crippen LogP contribution in [0.3, 0.4) is 0 Å². The maximum Gasteiger partial charge on any atom is 0.0608 e. The van der Waals surface area contributed by atoms with Gasteiger partial charge >= 0.3 is 0 Å². The van der Waals surface area contributed by atoms with E-state index < -0.39 is 0 Å². The van der Waals surface area contributed by atoms with Crippen LogP contribution in [0, 0.1) is 17.8 Å². The first-order valence-corrected chi connectivity index (χ1v) is 8.93. The molecular weight excluding hydrogens is 260 g/mol. The summed E-state index contributed by atoms with van der Waals surface area (Å²) in [5.74, 6) is 2.34. The Hall–Kier alpha value is -0.120. The van der Waals surface area contributed by atoms with Gasteiger partial charge < -0.3 is 15.0 Å². The van der Waals surface area contributed by atoms with E-state index in [4.69, 9.17) is 4.74 Å². The minimum atomic E-state index is 0.482. The lowest BCUT2D eigenvalue weighted by atomic mass is 9.75. The Bertz CT molecular complexity index is 268. The second-order valence-electron chi connectivity index (χ2n) is 7.65. The number of hydrogen-bond acceptors (Lipinski definition) is 3. The van der Waals surface area contributed by atoms with E-state index >= 15 is 0 Å². The van der Waals surface area contributed by atoms with Crippen molar-refractivity contribution in [2.75, 3.05) is 33.3 Å². The van der Waals surface area contributed by atoms with Gasteiger partial charge in [-0.25, -0.2) is 0 Å². The van der Waals surface area contributed by atoms with Gasteiger partial charge in [0.05, 0.1) is 12.7 Å². The van der Waals surface area contributed by atoms with Gasteiger partial charge in [-0.15, -0.1) is 0 Å². The molecule has 0 heterocycles. The van der Waals surface area contributed by atoms with Gasteiger partial charge in [0.25, 0.3) is 0 Å². The van der Waals surface area contributed by atoms with Crippen LogP contribution in [0.2, 0.25) is 0 Å². The lowest BCUT2D eigenvalue weighted by molar-refractivity contribution is -0.0428. The highest BCUT2D eigenvalue weighted by Crippen LogP contribution is 2.35. The van der Waals surface area contributed by atoms with E-state index in [0.29, 0.717) is 12.1 Å². The van der Waals surface area contributed by atoms with E-state index in [9.17, 15) is 0 Å². The minimum absolute atomic E-state index is 0.482. The molecular formula is C18H38N2O. The van der Waals surface area contributed by atoms with Crippen molar-refractivity contribution in [3.63, 3.8) is 0 Å². The average molecular weight is 299 g/mol. The molecule has 3 heteroatoms. The number of nitrogens with zero attached hydrogens (tertiary/aromatic N) is 1. The molecule has 1 saturated carbocycles. The molecule has 1 rings (SSSR count). The molecule has 3 nitrogen and oxygen atoms in total. The topological polar surface area (TPSA) is 24.5 Å².